The van der Waals surface area contributed by atoms with Crippen LogP contribution in [-0.2, 0) is 9.53 Å². The average molecular weight is 246 g/mol. The van der Waals surface area contributed by atoms with E-state index in [9.17, 15) is 9.18 Å². The molecule has 0 heterocycles. The Hall–Kier alpha value is -1.13. The van der Waals surface area contributed by atoms with Crippen molar-refractivity contribution in [1.29, 1.82) is 0 Å². The Morgan fingerprint density at radius 1 is 1.62 bits per heavy atom. The second kappa shape index (κ2) is 5.82. The monoisotopic (exact) mass is 245 g/mol. The normalized spacial score (nSPS) is 12.2. The van der Waals surface area contributed by atoms with Gasteiger partial charge in [0.2, 0.25) is 0 Å². The molecule has 0 aliphatic rings. The van der Waals surface area contributed by atoms with Gasteiger partial charge in [-0.2, -0.15) is 0 Å². The van der Waals surface area contributed by atoms with Crippen LogP contribution in [0.5, 0.6) is 0 Å². The molecule has 1 atom stereocenters. The number of hydrogen-bond donors (Lipinski definition) is 1. The molecule has 0 radical (unpaired) electrons. The molecule has 16 heavy (non-hydrogen) atoms. The van der Waals surface area contributed by atoms with Crippen molar-refractivity contribution in [1.82, 2.24) is 5.32 Å². The molecule has 1 unspecified atom stereocenters. The third kappa shape index (κ3) is 2.71. The van der Waals surface area contributed by atoms with Gasteiger partial charge in [-0.1, -0.05) is 23.7 Å². The van der Waals surface area contributed by atoms with Crippen LogP contribution in [0.4, 0.5) is 4.39 Å². The Bertz CT molecular complexity index is 384. The highest BCUT2D eigenvalue weighted by atomic mass is 35.5. The molecule has 1 aromatic rings. The van der Waals surface area contributed by atoms with E-state index in [2.05, 4.69) is 5.32 Å². The van der Waals surface area contributed by atoms with E-state index in [0.717, 1.165) is 0 Å². The van der Waals surface area contributed by atoms with E-state index in [4.69, 9.17) is 16.3 Å². The van der Waals surface area contributed by atoms with E-state index >= 15 is 0 Å². The lowest BCUT2D eigenvalue weighted by molar-refractivity contribution is -0.145. The van der Waals surface area contributed by atoms with Crippen molar-refractivity contribution in [3.05, 3.63) is 34.6 Å². The molecule has 5 heteroatoms. The summed E-state index contributed by atoms with van der Waals surface area (Å²) in [6, 6.07) is 3.68. The van der Waals surface area contributed by atoms with Gasteiger partial charge in [0.05, 0.1) is 11.6 Å². The number of hydrogen-bond acceptors (Lipinski definition) is 3. The molecule has 0 aliphatic heterocycles. The zero-order valence-corrected chi connectivity index (χ0v) is 9.84. The van der Waals surface area contributed by atoms with Gasteiger partial charge in [-0.25, -0.2) is 9.18 Å². The van der Waals surface area contributed by atoms with Crippen molar-refractivity contribution in [2.24, 2.45) is 0 Å². The molecule has 1 N–H and O–H groups in total. The molecule has 88 valence electrons. The van der Waals surface area contributed by atoms with E-state index in [1.54, 1.807) is 20.0 Å². The summed E-state index contributed by atoms with van der Waals surface area (Å²) < 4.78 is 18.5. The third-order valence-corrected chi connectivity index (χ3v) is 2.40. The van der Waals surface area contributed by atoms with Crippen LogP contribution in [0.25, 0.3) is 0 Å². The smallest absolute Gasteiger partial charge is 0.327 e. The quantitative estimate of drug-likeness (QED) is 0.828. The second-order valence-electron chi connectivity index (χ2n) is 3.12. The van der Waals surface area contributed by atoms with Crippen molar-refractivity contribution in [2.75, 3.05) is 13.7 Å². The molecular weight excluding hydrogens is 233 g/mol. The van der Waals surface area contributed by atoms with Crippen LogP contribution >= 0.6 is 11.6 Å². The fourth-order valence-corrected chi connectivity index (χ4v) is 1.55. The largest absolute Gasteiger partial charge is 0.465 e. The Morgan fingerprint density at radius 3 is 2.88 bits per heavy atom. The van der Waals surface area contributed by atoms with Gasteiger partial charge in [0, 0.05) is 5.56 Å². The number of likely N-dealkylation sites (N-methyl/N-ethyl adjacent to an activating group) is 1. The molecular formula is C11H13ClFNO2. The highest BCUT2D eigenvalue weighted by Gasteiger charge is 2.23. The maximum Gasteiger partial charge on any atom is 0.327 e. The van der Waals surface area contributed by atoms with Crippen molar-refractivity contribution >= 4 is 17.6 Å². The SMILES string of the molecule is CCOC(=O)C(NC)c1cccc(Cl)c1F. The first-order valence-corrected chi connectivity index (χ1v) is 5.27. The fourth-order valence-electron chi connectivity index (χ4n) is 1.37. The Kier molecular flexibility index (Phi) is 4.71. The number of carbonyl (C=O) groups excluding carboxylic acids is 1. The predicted molar refractivity (Wildman–Crippen MR) is 59.8 cm³/mol. The summed E-state index contributed by atoms with van der Waals surface area (Å²) in [4.78, 5) is 11.5. The minimum absolute atomic E-state index is 0.0120. The second-order valence-corrected chi connectivity index (χ2v) is 3.52. The van der Waals surface area contributed by atoms with Gasteiger partial charge >= 0.3 is 5.97 Å². The highest BCUT2D eigenvalue weighted by Crippen LogP contribution is 2.23. The molecule has 1 aromatic carbocycles. The Labute approximate surface area is 98.5 Å². The van der Waals surface area contributed by atoms with E-state index in [1.807, 2.05) is 0 Å². The Morgan fingerprint density at radius 2 is 2.31 bits per heavy atom. The van der Waals surface area contributed by atoms with Gasteiger partial charge in [-0.15, -0.1) is 0 Å². The van der Waals surface area contributed by atoms with Gasteiger partial charge < -0.3 is 10.1 Å². The van der Waals surface area contributed by atoms with Crippen LogP contribution in [0.1, 0.15) is 18.5 Å². The lowest BCUT2D eigenvalue weighted by atomic mass is 10.1. The topological polar surface area (TPSA) is 38.3 Å². The number of esters is 1. The van der Waals surface area contributed by atoms with E-state index in [1.165, 1.54) is 12.1 Å². The van der Waals surface area contributed by atoms with E-state index < -0.39 is 17.8 Å². The number of benzene rings is 1. The van der Waals surface area contributed by atoms with Crippen LogP contribution in [0, 0.1) is 5.82 Å². The molecule has 0 bridgehead atoms. The minimum atomic E-state index is -0.835. The van der Waals surface area contributed by atoms with Crippen molar-refractivity contribution < 1.29 is 13.9 Å². The predicted octanol–water partition coefficient (Wildman–Crippen LogP) is 2.30. The average Bonchev–Trinajstić information content (AvgIpc) is 2.25. The summed E-state index contributed by atoms with van der Waals surface area (Å²) in [7, 11) is 1.56. The molecule has 0 spiro atoms. The standard InChI is InChI=1S/C11H13ClFNO2/c1-3-16-11(15)10(14-2)7-5-4-6-8(12)9(7)13/h4-6,10,14H,3H2,1-2H3. The van der Waals surface area contributed by atoms with Gasteiger partial charge in [0.15, 0.2) is 0 Å². The minimum Gasteiger partial charge on any atom is -0.465 e. The van der Waals surface area contributed by atoms with Crippen LogP contribution < -0.4 is 5.32 Å². The number of halogens is 2. The zero-order chi connectivity index (χ0) is 12.1. The number of carbonyl (C=O) groups is 1. The number of nitrogens with one attached hydrogen (secondary N) is 1. The van der Waals surface area contributed by atoms with Gasteiger partial charge in [0.1, 0.15) is 11.9 Å². The van der Waals surface area contributed by atoms with Crippen molar-refractivity contribution in [2.45, 2.75) is 13.0 Å². The summed E-state index contributed by atoms with van der Waals surface area (Å²) in [5, 5.41) is 2.69. The van der Waals surface area contributed by atoms with Crippen molar-refractivity contribution in [3.8, 4) is 0 Å². The molecule has 0 fully saturated rings. The highest BCUT2D eigenvalue weighted by molar-refractivity contribution is 6.30. The third-order valence-electron chi connectivity index (χ3n) is 2.10. The van der Waals surface area contributed by atoms with Crippen LogP contribution in [-0.4, -0.2) is 19.6 Å². The first kappa shape index (κ1) is 12.9. The molecule has 0 saturated carbocycles. The molecule has 0 amide bonds. The van der Waals surface area contributed by atoms with Gasteiger partial charge in [0.25, 0.3) is 0 Å². The van der Waals surface area contributed by atoms with E-state index in [0.29, 0.717) is 0 Å². The summed E-state index contributed by atoms with van der Waals surface area (Å²) in [6.07, 6.45) is 0. The summed E-state index contributed by atoms with van der Waals surface area (Å²) in [5.41, 5.74) is 0.188. The Balaban J connectivity index is 3.04. The summed E-state index contributed by atoms with van der Waals surface area (Å²) in [5.74, 6) is -1.12. The lowest BCUT2D eigenvalue weighted by Crippen LogP contribution is -2.28. The first-order chi connectivity index (χ1) is 7.61. The molecule has 0 aromatic heterocycles. The van der Waals surface area contributed by atoms with Crippen molar-refractivity contribution in [3.63, 3.8) is 0 Å². The molecule has 3 nitrogen and oxygen atoms in total. The van der Waals surface area contributed by atoms with Crippen LogP contribution in [0.15, 0.2) is 18.2 Å². The number of rotatable bonds is 4. The van der Waals surface area contributed by atoms with Crippen LogP contribution in [0.3, 0.4) is 0 Å². The maximum atomic E-state index is 13.7. The van der Waals surface area contributed by atoms with Crippen LogP contribution in [0.2, 0.25) is 5.02 Å². The number of ether oxygens (including phenoxy) is 1. The fraction of sp³-hybridized carbons (Fsp3) is 0.364. The van der Waals surface area contributed by atoms with Gasteiger partial charge in [-0.3, -0.25) is 0 Å². The summed E-state index contributed by atoms with van der Waals surface area (Å²) in [6.45, 7) is 1.94. The lowest BCUT2D eigenvalue weighted by Gasteiger charge is -2.15. The summed E-state index contributed by atoms with van der Waals surface area (Å²) >= 11 is 5.64. The van der Waals surface area contributed by atoms with E-state index in [-0.39, 0.29) is 17.2 Å². The molecule has 0 aliphatic carbocycles. The molecule has 0 saturated heterocycles. The molecule has 1 rings (SSSR count). The zero-order valence-electron chi connectivity index (χ0n) is 9.09. The maximum absolute atomic E-state index is 13.7. The van der Waals surface area contributed by atoms with Gasteiger partial charge in [-0.05, 0) is 20.0 Å². The first-order valence-electron chi connectivity index (χ1n) is 4.89.